The molecule has 16 heteroatoms. The van der Waals surface area contributed by atoms with E-state index in [0.717, 1.165) is 12.1 Å². The van der Waals surface area contributed by atoms with Crippen molar-refractivity contribution in [1.82, 2.24) is 10.6 Å². The third-order valence-electron chi connectivity index (χ3n) is 4.65. The largest absolute Gasteiger partial charge is 0.417 e. The van der Waals surface area contributed by atoms with E-state index in [0.29, 0.717) is 12.1 Å². The molecule has 0 heterocycles. The predicted octanol–water partition coefficient (Wildman–Crippen LogP) is 7.30. The minimum absolute atomic E-state index is 0.0778. The zero-order valence-electron chi connectivity index (χ0n) is 18.4. The van der Waals surface area contributed by atoms with Crippen LogP contribution in [0.15, 0.2) is 51.4 Å². The summed E-state index contributed by atoms with van der Waals surface area (Å²) in [5.41, 5.74) is -4.24. The smallest absolute Gasteiger partial charge is 0.345 e. The van der Waals surface area contributed by atoms with Gasteiger partial charge in [-0.2, -0.15) is 39.5 Å². The highest BCUT2D eigenvalue weighted by atomic mass is 79.9. The van der Waals surface area contributed by atoms with Crippen LogP contribution < -0.4 is 10.6 Å². The monoisotopic (exact) mass is 686 g/mol. The van der Waals surface area contributed by atoms with Gasteiger partial charge < -0.3 is 10.6 Å². The van der Waals surface area contributed by atoms with Crippen LogP contribution in [0.25, 0.3) is 5.83 Å². The van der Waals surface area contributed by atoms with Crippen molar-refractivity contribution < 1.29 is 53.5 Å². The van der Waals surface area contributed by atoms with Gasteiger partial charge in [0, 0.05) is 14.5 Å². The lowest BCUT2D eigenvalue weighted by atomic mass is 9.95. The van der Waals surface area contributed by atoms with Crippen LogP contribution in [0.4, 0.5) is 43.9 Å². The first kappa shape index (κ1) is 31.6. The lowest BCUT2D eigenvalue weighted by Crippen LogP contribution is -2.41. The topological polar surface area (TPSA) is 58.2 Å². The Labute approximate surface area is 224 Å². The number of allylic oxidation sites excluding steroid dienone is 1. The Balaban J connectivity index is 2.39. The highest BCUT2D eigenvalue weighted by Gasteiger charge is 2.41. The van der Waals surface area contributed by atoms with Crippen LogP contribution in [-0.2, 0) is 11.0 Å². The van der Waals surface area contributed by atoms with Crippen molar-refractivity contribution >= 4 is 49.5 Å². The number of nitrogens with one attached hydrogen (secondary N) is 2. The van der Waals surface area contributed by atoms with Crippen molar-refractivity contribution in [2.75, 3.05) is 13.1 Å². The number of hydrogen-bond acceptors (Lipinski definition) is 2. The molecule has 0 aliphatic rings. The van der Waals surface area contributed by atoms with Gasteiger partial charge in [-0.15, -0.1) is 0 Å². The Bertz CT molecular complexity index is 1200. The third-order valence-corrected chi connectivity index (χ3v) is 5.57. The minimum Gasteiger partial charge on any atom is -0.345 e. The predicted molar refractivity (Wildman–Crippen MR) is 123 cm³/mol. The number of amides is 2. The maximum atomic E-state index is 14.9. The second kappa shape index (κ2) is 12.1. The van der Waals surface area contributed by atoms with Gasteiger partial charge in [0.25, 0.3) is 5.91 Å². The first-order chi connectivity index (χ1) is 17.3. The molecule has 0 radical (unpaired) electrons. The van der Waals surface area contributed by atoms with Crippen LogP contribution in [0.2, 0.25) is 0 Å². The number of benzene rings is 2. The quantitative estimate of drug-likeness (QED) is 0.301. The summed E-state index contributed by atoms with van der Waals surface area (Å²) >= 11 is 6.00. The molecular formula is C22H14Br2F10N2O2. The summed E-state index contributed by atoms with van der Waals surface area (Å²) in [6.07, 6.45) is -15.0. The molecule has 38 heavy (non-hydrogen) atoms. The van der Waals surface area contributed by atoms with Gasteiger partial charge in [0.05, 0.1) is 17.7 Å². The fourth-order valence-corrected chi connectivity index (χ4v) is 4.35. The first-order valence-corrected chi connectivity index (χ1v) is 11.6. The molecule has 4 nitrogen and oxygen atoms in total. The van der Waals surface area contributed by atoms with Gasteiger partial charge in [-0.25, -0.2) is 4.39 Å². The summed E-state index contributed by atoms with van der Waals surface area (Å²) in [6.45, 7) is -2.86. The van der Waals surface area contributed by atoms with Gasteiger partial charge in [0.2, 0.25) is 5.91 Å². The molecule has 0 saturated heterocycles. The zero-order chi connectivity index (χ0) is 29.1. The van der Waals surface area contributed by atoms with Crippen molar-refractivity contribution in [3.05, 3.63) is 73.7 Å². The van der Waals surface area contributed by atoms with Crippen LogP contribution in [0.3, 0.4) is 0 Å². The summed E-state index contributed by atoms with van der Waals surface area (Å²) in [7, 11) is 0. The molecule has 0 aliphatic carbocycles. The first-order valence-electron chi connectivity index (χ1n) is 10.0. The Morgan fingerprint density at radius 1 is 0.868 bits per heavy atom. The zero-order valence-corrected chi connectivity index (χ0v) is 21.6. The van der Waals surface area contributed by atoms with E-state index in [1.165, 1.54) is 11.4 Å². The maximum absolute atomic E-state index is 14.9. The third kappa shape index (κ3) is 9.29. The molecule has 1 unspecified atom stereocenters. The normalized spacial score (nSPS) is 13.7. The number of alkyl halides is 9. The number of halogens is 12. The molecule has 2 aromatic carbocycles. The molecule has 2 aromatic rings. The van der Waals surface area contributed by atoms with E-state index in [4.69, 9.17) is 0 Å². The maximum Gasteiger partial charge on any atom is 0.417 e. The minimum atomic E-state index is -5.29. The van der Waals surface area contributed by atoms with E-state index < -0.39 is 77.4 Å². The number of carbonyl (C=O) groups excluding carboxylic acids is 2. The summed E-state index contributed by atoms with van der Waals surface area (Å²) in [6, 6.07) is 4.69. The molecule has 2 N–H and O–H groups in total. The van der Waals surface area contributed by atoms with Crippen molar-refractivity contribution in [2.24, 2.45) is 0 Å². The standard InChI is InChI=1S/C22H14Br2F10N2O2/c23-12-3-11(4-13(24)6-12)15(21(29,30)31)7-17(25)10-1-2-14(16(5-10)22(32,33)34)19(38)35-8-18(37)36-9-20(26,27)28/h1-7,15H,8-9H2,(H,35,38)(H,36,37)/b17-7-. The molecule has 208 valence electrons. The highest BCUT2D eigenvalue weighted by molar-refractivity contribution is 9.11. The van der Waals surface area contributed by atoms with Gasteiger partial charge in [-0.1, -0.05) is 37.9 Å². The highest BCUT2D eigenvalue weighted by Crippen LogP contribution is 2.41. The van der Waals surface area contributed by atoms with Gasteiger partial charge in [-0.3, -0.25) is 9.59 Å². The number of carbonyl (C=O) groups is 2. The van der Waals surface area contributed by atoms with Crippen molar-refractivity contribution in [2.45, 2.75) is 24.4 Å². The van der Waals surface area contributed by atoms with Crippen LogP contribution in [0, 0.1) is 0 Å². The molecule has 2 amide bonds. The lowest BCUT2D eigenvalue weighted by molar-refractivity contribution is -0.140. The van der Waals surface area contributed by atoms with E-state index in [-0.39, 0.29) is 21.1 Å². The Morgan fingerprint density at radius 2 is 1.45 bits per heavy atom. The van der Waals surface area contributed by atoms with Crippen molar-refractivity contribution in [3.8, 4) is 0 Å². The van der Waals surface area contributed by atoms with Crippen LogP contribution in [-0.4, -0.2) is 37.3 Å². The summed E-state index contributed by atoms with van der Waals surface area (Å²) < 4.78 is 133. The fraction of sp³-hybridized carbons (Fsp3) is 0.273. The van der Waals surface area contributed by atoms with E-state index in [9.17, 15) is 53.5 Å². The SMILES string of the molecule is O=C(CNC(=O)c1ccc(/C(F)=C/C(c2cc(Br)cc(Br)c2)C(F)(F)F)cc1C(F)(F)F)NCC(F)(F)F. The van der Waals surface area contributed by atoms with Crippen molar-refractivity contribution in [1.29, 1.82) is 0 Å². The molecule has 0 spiro atoms. The molecular weight excluding hydrogens is 674 g/mol. The Hall–Kier alpha value is -2.62. The van der Waals surface area contributed by atoms with E-state index in [1.807, 2.05) is 0 Å². The molecule has 0 aliphatic heterocycles. The second-order valence-corrected chi connectivity index (χ2v) is 9.40. The molecule has 0 bridgehead atoms. The number of rotatable bonds is 7. The van der Waals surface area contributed by atoms with Crippen molar-refractivity contribution in [3.63, 3.8) is 0 Å². The van der Waals surface area contributed by atoms with E-state index in [1.54, 1.807) is 5.32 Å². The van der Waals surface area contributed by atoms with Gasteiger partial charge in [0.15, 0.2) is 0 Å². The molecule has 0 aromatic heterocycles. The van der Waals surface area contributed by atoms with Crippen LogP contribution in [0.1, 0.15) is 33.0 Å². The molecule has 1 atom stereocenters. The molecule has 0 saturated carbocycles. The van der Waals surface area contributed by atoms with Crippen LogP contribution >= 0.6 is 31.9 Å². The second-order valence-electron chi connectivity index (χ2n) is 7.57. The number of hydrogen-bond donors (Lipinski definition) is 2. The average Bonchev–Trinajstić information content (AvgIpc) is 2.76. The molecule has 0 fully saturated rings. The van der Waals surface area contributed by atoms with E-state index in [2.05, 4.69) is 31.9 Å². The van der Waals surface area contributed by atoms with E-state index >= 15 is 0 Å². The lowest BCUT2D eigenvalue weighted by Gasteiger charge is -2.19. The van der Waals surface area contributed by atoms with Gasteiger partial charge in [0.1, 0.15) is 18.3 Å². The van der Waals surface area contributed by atoms with Gasteiger partial charge in [-0.05, 0) is 42.0 Å². The average molecular weight is 688 g/mol. The molecule has 2 rings (SSSR count). The Morgan fingerprint density at radius 3 is 1.95 bits per heavy atom. The summed E-state index contributed by atoms with van der Waals surface area (Å²) in [5.74, 6) is -7.12. The fourth-order valence-electron chi connectivity index (χ4n) is 3.02. The summed E-state index contributed by atoms with van der Waals surface area (Å²) in [4.78, 5) is 23.6. The van der Waals surface area contributed by atoms with Gasteiger partial charge >= 0.3 is 18.5 Å². The summed E-state index contributed by atoms with van der Waals surface area (Å²) in [5, 5.41) is 3.09. The Kier molecular flexibility index (Phi) is 10.0. The van der Waals surface area contributed by atoms with Crippen LogP contribution in [0.5, 0.6) is 0 Å².